The van der Waals surface area contributed by atoms with E-state index in [0.717, 1.165) is 37.4 Å². The zero-order chi connectivity index (χ0) is 17.2. The van der Waals surface area contributed by atoms with Gasteiger partial charge in [0.15, 0.2) is 0 Å². The van der Waals surface area contributed by atoms with E-state index in [4.69, 9.17) is 4.74 Å². The molecule has 1 saturated heterocycles. The van der Waals surface area contributed by atoms with Gasteiger partial charge in [0.2, 0.25) is 0 Å². The van der Waals surface area contributed by atoms with E-state index < -0.39 is 0 Å². The number of rotatable bonds is 4. The quantitative estimate of drug-likeness (QED) is 0.789. The molecule has 1 unspecified atom stereocenters. The second-order valence-corrected chi connectivity index (χ2v) is 6.44. The number of hydrogen-bond donors (Lipinski definition) is 1. The van der Waals surface area contributed by atoms with E-state index in [0.29, 0.717) is 11.5 Å². The Bertz CT molecular complexity index is 878. The first kappa shape index (κ1) is 15.8. The highest BCUT2D eigenvalue weighted by atomic mass is 16.5. The predicted octanol–water partition coefficient (Wildman–Crippen LogP) is 1.97. The van der Waals surface area contributed by atoms with Gasteiger partial charge in [-0.3, -0.25) is 4.79 Å². The molecule has 25 heavy (non-hydrogen) atoms. The van der Waals surface area contributed by atoms with Crippen LogP contribution < -0.4 is 5.32 Å². The summed E-state index contributed by atoms with van der Waals surface area (Å²) >= 11 is 0. The molecule has 1 amide bonds. The molecule has 1 aliphatic heterocycles. The maximum atomic E-state index is 12.9. The number of pyridine rings is 1. The van der Waals surface area contributed by atoms with Crippen LogP contribution in [-0.4, -0.2) is 38.1 Å². The van der Waals surface area contributed by atoms with Crippen LogP contribution in [0.1, 0.15) is 35.1 Å². The first-order valence-corrected chi connectivity index (χ1v) is 8.50. The van der Waals surface area contributed by atoms with Crippen LogP contribution in [0, 0.1) is 5.92 Å². The number of amides is 1. The van der Waals surface area contributed by atoms with Crippen molar-refractivity contribution in [3.8, 4) is 0 Å². The van der Waals surface area contributed by atoms with E-state index >= 15 is 0 Å². The molecule has 0 saturated carbocycles. The molecule has 130 valence electrons. The molecule has 1 fully saturated rings. The average molecular weight is 339 g/mol. The van der Waals surface area contributed by atoms with Crippen LogP contribution in [0.2, 0.25) is 0 Å². The Morgan fingerprint density at radius 2 is 2.20 bits per heavy atom. The second-order valence-electron chi connectivity index (χ2n) is 6.44. The van der Waals surface area contributed by atoms with Gasteiger partial charge in [-0.2, -0.15) is 0 Å². The van der Waals surface area contributed by atoms with Gasteiger partial charge in [-0.15, -0.1) is 0 Å². The molecule has 3 aromatic heterocycles. The summed E-state index contributed by atoms with van der Waals surface area (Å²) in [5.41, 5.74) is 1.57. The van der Waals surface area contributed by atoms with E-state index in [1.807, 2.05) is 34.3 Å². The number of carbonyl (C=O) groups is 1. The number of aromatic nitrogens is 4. The third-order valence-electron chi connectivity index (χ3n) is 4.83. The minimum absolute atomic E-state index is 0.102. The fourth-order valence-electron chi connectivity index (χ4n) is 3.40. The van der Waals surface area contributed by atoms with Crippen molar-refractivity contribution in [1.29, 1.82) is 0 Å². The molecule has 1 aliphatic rings. The number of nitrogens with one attached hydrogen (secondary N) is 1. The van der Waals surface area contributed by atoms with Gasteiger partial charge in [0.1, 0.15) is 5.82 Å². The van der Waals surface area contributed by atoms with Crippen molar-refractivity contribution >= 4 is 11.4 Å². The van der Waals surface area contributed by atoms with Crippen molar-refractivity contribution < 1.29 is 9.53 Å². The number of nitrogens with zero attached hydrogens (tertiary/aromatic N) is 4. The highest BCUT2D eigenvalue weighted by Gasteiger charge is 2.30. The van der Waals surface area contributed by atoms with Gasteiger partial charge in [-0.1, -0.05) is 0 Å². The van der Waals surface area contributed by atoms with Crippen LogP contribution in [0.4, 0.5) is 0 Å². The van der Waals surface area contributed by atoms with Crippen molar-refractivity contribution in [2.75, 3.05) is 13.2 Å². The Hall–Kier alpha value is -2.67. The molecule has 4 heterocycles. The molecule has 0 bridgehead atoms. The van der Waals surface area contributed by atoms with E-state index in [-0.39, 0.29) is 11.9 Å². The van der Waals surface area contributed by atoms with Crippen LogP contribution in [-0.2, 0) is 11.8 Å². The maximum absolute atomic E-state index is 12.9. The monoisotopic (exact) mass is 339 g/mol. The third kappa shape index (κ3) is 3.15. The average Bonchev–Trinajstić information content (AvgIpc) is 3.28. The highest BCUT2D eigenvalue weighted by molar-refractivity contribution is 5.94. The minimum atomic E-state index is -0.130. The number of aryl methyl sites for hydroxylation is 1. The number of carbonyl (C=O) groups excluding carboxylic acids is 1. The lowest BCUT2D eigenvalue weighted by Gasteiger charge is -2.30. The molecule has 0 aromatic carbocycles. The van der Waals surface area contributed by atoms with Gasteiger partial charge in [0.05, 0.1) is 29.6 Å². The van der Waals surface area contributed by atoms with Gasteiger partial charge >= 0.3 is 0 Å². The summed E-state index contributed by atoms with van der Waals surface area (Å²) in [5.74, 6) is 1.09. The number of imidazole rings is 2. The van der Waals surface area contributed by atoms with Gasteiger partial charge in [-0.05, 0) is 30.9 Å². The van der Waals surface area contributed by atoms with Crippen molar-refractivity contribution in [3.63, 3.8) is 0 Å². The first-order valence-electron chi connectivity index (χ1n) is 8.50. The van der Waals surface area contributed by atoms with E-state index in [2.05, 4.69) is 15.3 Å². The summed E-state index contributed by atoms with van der Waals surface area (Å²) in [6, 6.07) is 3.59. The maximum Gasteiger partial charge on any atom is 0.253 e. The Balaban J connectivity index is 1.60. The number of ether oxygens (including phenoxy) is 1. The molecule has 0 spiro atoms. The van der Waals surface area contributed by atoms with Gasteiger partial charge in [0.25, 0.3) is 5.91 Å². The topological polar surface area (TPSA) is 73.5 Å². The van der Waals surface area contributed by atoms with Gasteiger partial charge in [0, 0.05) is 38.9 Å². The summed E-state index contributed by atoms with van der Waals surface area (Å²) in [4.78, 5) is 21.4. The molecule has 0 aliphatic carbocycles. The van der Waals surface area contributed by atoms with Crippen LogP contribution in [0.15, 0.2) is 43.2 Å². The molecular formula is C18H21N5O2. The molecule has 7 nitrogen and oxygen atoms in total. The third-order valence-corrected chi connectivity index (χ3v) is 4.83. The van der Waals surface area contributed by atoms with Gasteiger partial charge in [-0.25, -0.2) is 9.97 Å². The number of fused-ring (bicyclic) bond motifs is 1. The molecule has 0 radical (unpaired) electrons. The van der Waals surface area contributed by atoms with Crippen molar-refractivity contribution in [1.82, 2.24) is 24.3 Å². The first-order chi connectivity index (χ1) is 12.2. The van der Waals surface area contributed by atoms with Crippen molar-refractivity contribution in [2.45, 2.75) is 18.9 Å². The lowest BCUT2D eigenvalue weighted by Crippen LogP contribution is -2.37. The predicted molar refractivity (Wildman–Crippen MR) is 92.2 cm³/mol. The standard InChI is InChI=1S/C18H21N5O2/c1-22-7-6-20-17(22)16(13-4-8-25-9-5-13)21-18(24)14-2-3-15-10-19-12-23(15)11-14/h2-3,6-7,10-13,16H,4-5,8-9H2,1H3,(H,21,24). The Kier molecular flexibility index (Phi) is 4.23. The summed E-state index contributed by atoms with van der Waals surface area (Å²) in [7, 11) is 1.96. The molecule has 4 rings (SSSR count). The van der Waals surface area contributed by atoms with Crippen molar-refractivity contribution in [2.24, 2.45) is 13.0 Å². The van der Waals surface area contributed by atoms with Crippen LogP contribution in [0.5, 0.6) is 0 Å². The van der Waals surface area contributed by atoms with Crippen LogP contribution >= 0.6 is 0 Å². The number of hydrogen-bond acceptors (Lipinski definition) is 4. The van der Waals surface area contributed by atoms with Crippen LogP contribution in [0.3, 0.4) is 0 Å². The van der Waals surface area contributed by atoms with E-state index in [1.54, 1.807) is 24.9 Å². The molecule has 1 N–H and O–H groups in total. The zero-order valence-electron chi connectivity index (χ0n) is 14.1. The zero-order valence-corrected chi connectivity index (χ0v) is 14.1. The normalized spacial score (nSPS) is 16.8. The summed E-state index contributed by atoms with van der Waals surface area (Å²) in [6.07, 6.45) is 10.8. The minimum Gasteiger partial charge on any atom is -0.381 e. The Labute approximate surface area is 145 Å². The van der Waals surface area contributed by atoms with E-state index in [9.17, 15) is 4.79 Å². The van der Waals surface area contributed by atoms with E-state index in [1.165, 1.54) is 0 Å². The van der Waals surface area contributed by atoms with Gasteiger partial charge < -0.3 is 19.0 Å². The summed E-state index contributed by atoms with van der Waals surface area (Å²) in [6.45, 7) is 1.45. The lowest BCUT2D eigenvalue weighted by molar-refractivity contribution is 0.0499. The summed E-state index contributed by atoms with van der Waals surface area (Å²) in [5, 5.41) is 3.19. The molecular weight excluding hydrogens is 318 g/mol. The summed E-state index contributed by atoms with van der Waals surface area (Å²) < 4.78 is 9.29. The Morgan fingerprint density at radius 1 is 1.36 bits per heavy atom. The largest absolute Gasteiger partial charge is 0.381 e. The fourth-order valence-corrected chi connectivity index (χ4v) is 3.40. The molecule has 1 atom stereocenters. The SMILES string of the molecule is Cn1ccnc1C(NC(=O)c1ccc2cncn2c1)C1CCOCC1. The second kappa shape index (κ2) is 6.68. The van der Waals surface area contributed by atoms with Crippen molar-refractivity contribution in [3.05, 3.63) is 54.6 Å². The lowest BCUT2D eigenvalue weighted by atomic mass is 9.91. The molecule has 7 heteroatoms. The van der Waals surface area contributed by atoms with Crippen LogP contribution in [0.25, 0.3) is 5.52 Å². The Morgan fingerprint density at radius 3 is 2.96 bits per heavy atom. The molecule has 3 aromatic rings. The smallest absolute Gasteiger partial charge is 0.253 e. The fraction of sp³-hybridized carbons (Fsp3) is 0.389. The highest BCUT2D eigenvalue weighted by Crippen LogP contribution is 2.29.